The lowest BCUT2D eigenvalue weighted by Gasteiger charge is -2.25. The Morgan fingerprint density at radius 3 is 2.68 bits per heavy atom. The summed E-state index contributed by atoms with van der Waals surface area (Å²) in [5.41, 5.74) is 5.51. The molecule has 2 aliphatic rings. The Morgan fingerprint density at radius 1 is 1.42 bits per heavy atom. The van der Waals surface area contributed by atoms with Crippen molar-refractivity contribution in [2.45, 2.75) is 63.5 Å². The molecular formula is C14H23N3O2. The van der Waals surface area contributed by atoms with Gasteiger partial charge in [0, 0.05) is 6.61 Å². The Morgan fingerprint density at radius 2 is 2.11 bits per heavy atom. The summed E-state index contributed by atoms with van der Waals surface area (Å²) in [6, 6.07) is 0. The monoisotopic (exact) mass is 265 g/mol. The van der Waals surface area contributed by atoms with Crippen LogP contribution in [-0.2, 0) is 15.9 Å². The smallest absolute Gasteiger partial charge is 0.246 e. The summed E-state index contributed by atoms with van der Waals surface area (Å²) in [4.78, 5) is 4.59. The lowest BCUT2D eigenvalue weighted by atomic mass is 9.97. The molecular weight excluding hydrogens is 242 g/mol. The summed E-state index contributed by atoms with van der Waals surface area (Å²) in [5, 5.41) is 4.17. The van der Waals surface area contributed by atoms with Gasteiger partial charge in [0.1, 0.15) is 5.60 Å². The third-order valence-electron chi connectivity index (χ3n) is 4.55. The molecule has 106 valence electrons. The van der Waals surface area contributed by atoms with Crippen molar-refractivity contribution in [1.29, 1.82) is 0 Å². The van der Waals surface area contributed by atoms with Crippen molar-refractivity contribution in [3.05, 3.63) is 11.7 Å². The van der Waals surface area contributed by atoms with E-state index < -0.39 is 5.54 Å². The molecule has 2 aliphatic carbocycles. The first-order valence-electron chi connectivity index (χ1n) is 7.36. The molecule has 1 atom stereocenters. The second-order valence-corrected chi connectivity index (χ2v) is 6.11. The molecule has 2 fully saturated rings. The zero-order chi connectivity index (χ0) is 13.5. The Bertz CT molecular complexity index is 445. The minimum absolute atomic E-state index is 0.337. The molecule has 5 nitrogen and oxygen atoms in total. The van der Waals surface area contributed by atoms with Crippen LogP contribution in [-0.4, -0.2) is 16.7 Å². The van der Waals surface area contributed by atoms with Crippen LogP contribution in [0.1, 0.15) is 64.1 Å². The van der Waals surface area contributed by atoms with Gasteiger partial charge < -0.3 is 15.0 Å². The molecule has 1 aromatic heterocycles. The van der Waals surface area contributed by atoms with Gasteiger partial charge in [-0.1, -0.05) is 5.16 Å². The maximum Gasteiger partial charge on any atom is 0.246 e. The predicted octanol–water partition coefficient (Wildman–Crippen LogP) is 2.46. The highest BCUT2D eigenvalue weighted by atomic mass is 16.5. The van der Waals surface area contributed by atoms with E-state index in [4.69, 9.17) is 15.0 Å². The van der Waals surface area contributed by atoms with Crippen LogP contribution in [0.4, 0.5) is 0 Å². The molecule has 1 heterocycles. The van der Waals surface area contributed by atoms with E-state index >= 15 is 0 Å². The minimum Gasteiger partial charge on any atom is -0.367 e. The molecule has 19 heavy (non-hydrogen) atoms. The normalized spacial score (nSPS) is 25.4. The molecule has 0 aliphatic heterocycles. The van der Waals surface area contributed by atoms with Crippen molar-refractivity contribution in [1.82, 2.24) is 10.1 Å². The minimum atomic E-state index is -0.489. The second-order valence-electron chi connectivity index (χ2n) is 6.11. The highest BCUT2D eigenvalue weighted by molar-refractivity contribution is 5.11. The fraction of sp³-hybridized carbons (Fsp3) is 0.857. The quantitative estimate of drug-likeness (QED) is 0.885. The highest BCUT2D eigenvalue weighted by Gasteiger charge is 2.46. The highest BCUT2D eigenvalue weighted by Crippen LogP contribution is 2.45. The van der Waals surface area contributed by atoms with E-state index in [9.17, 15) is 0 Å². The van der Waals surface area contributed by atoms with Crippen molar-refractivity contribution < 1.29 is 9.26 Å². The lowest BCUT2D eigenvalue weighted by molar-refractivity contribution is -0.0469. The van der Waals surface area contributed by atoms with Gasteiger partial charge in [-0.15, -0.1) is 0 Å². The van der Waals surface area contributed by atoms with Crippen LogP contribution in [0.5, 0.6) is 0 Å². The third kappa shape index (κ3) is 2.19. The molecule has 2 saturated carbocycles. The second kappa shape index (κ2) is 4.56. The van der Waals surface area contributed by atoms with Crippen molar-refractivity contribution in [3.63, 3.8) is 0 Å². The summed E-state index contributed by atoms with van der Waals surface area (Å²) in [5.74, 6) is 1.74. The van der Waals surface area contributed by atoms with Gasteiger partial charge in [0.2, 0.25) is 11.7 Å². The van der Waals surface area contributed by atoms with Crippen LogP contribution in [0.2, 0.25) is 0 Å². The molecule has 0 aromatic carbocycles. The maximum atomic E-state index is 6.34. The standard InChI is InChI=1S/C14H23N3O2/c1-3-18-14(8-4-5-9-14)11-16-12(19-17-11)13(2,15)10-6-7-10/h10H,3-9,15H2,1-2H3. The summed E-state index contributed by atoms with van der Waals surface area (Å²) < 4.78 is 11.4. The van der Waals surface area contributed by atoms with Gasteiger partial charge in [0.15, 0.2) is 0 Å². The molecule has 0 saturated heterocycles. The van der Waals surface area contributed by atoms with Gasteiger partial charge in [-0.2, -0.15) is 4.98 Å². The van der Waals surface area contributed by atoms with E-state index in [1.54, 1.807) is 0 Å². The number of hydrogen-bond acceptors (Lipinski definition) is 5. The van der Waals surface area contributed by atoms with Gasteiger partial charge in [-0.05, 0) is 58.3 Å². The number of hydrogen-bond donors (Lipinski definition) is 1. The number of aromatic nitrogens is 2. The Hall–Kier alpha value is -0.940. The Kier molecular flexibility index (Phi) is 3.14. The fourth-order valence-corrected chi connectivity index (χ4v) is 3.14. The molecule has 3 rings (SSSR count). The van der Waals surface area contributed by atoms with Gasteiger partial charge in [-0.25, -0.2) is 0 Å². The average Bonchev–Trinajstić information content (AvgIpc) is 2.93. The van der Waals surface area contributed by atoms with Crippen molar-refractivity contribution in [2.75, 3.05) is 6.61 Å². The average molecular weight is 265 g/mol. The molecule has 0 amide bonds. The molecule has 2 N–H and O–H groups in total. The summed E-state index contributed by atoms with van der Waals surface area (Å²) >= 11 is 0. The summed E-state index contributed by atoms with van der Waals surface area (Å²) in [6.07, 6.45) is 6.58. The topological polar surface area (TPSA) is 74.2 Å². The van der Waals surface area contributed by atoms with E-state index in [1.807, 2.05) is 13.8 Å². The van der Waals surface area contributed by atoms with Crippen LogP contribution in [0, 0.1) is 5.92 Å². The number of ether oxygens (including phenoxy) is 1. The van der Waals surface area contributed by atoms with Crippen LogP contribution in [0.15, 0.2) is 4.52 Å². The van der Waals surface area contributed by atoms with Crippen LogP contribution < -0.4 is 5.73 Å². The Balaban J connectivity index is 1.87. The van der Waals surface area contributed by atoms with Gasteiger partial charge >= 0.3 is 0 Å². The van der Waals surface area contributed by atoms with Gasteiger partial charge in [-0.3, -0.25) is 0 Å². The van der Waals surface area contributed by atoms with E-state index in [1.165, 1.54) is 0 Å². The van der Waals surface area contributed by atoms with E-state index in [0.717, 1.165) is 38.5 Å². The number of rotatable bonds is 5. The molecule has 1 unspecified atom stereocenters. The summed E-state index contributed by atoms with van der Waals surface area (Å²) in [7, 11) is 0. The predicted molar refractivity (Wildman–Crippen MR) is 70.3 cm³/mol. The number of nitrogens with two attached hydrogens (primary N) is 1. The first-order chi connectivity index (χ1) is 9.08. The third-order valence-corrected chi connectivity index (χ3v) is 4.55. The van der Waals surface area contributed by atoms with E-state index in [0.29, 0.717) is 24.2 Å². The van der Waals surface area contributed by atoms with Crippen molar-refractivity contribution >= 4 is 0 Å². The zero-order valence-electron chi connectivity index (χ0n) is 11.8. The van der Waals surface area contributed by atoms with Gasteiger partial charge in [0.25, 0.3) is 0 Å². The SMILES string of the molecule is CCOC1(c2noc(C(C)(N)C3CC3)n2)CCCC1. The van der Waals surface area contributed by atoms with Crippen LogP contribution in [0.3, 0.4) is 0 Å². The zero-order valence-corrected chi connectivity index (χ0v) is 11.8. The van der Waals surface area contributed by atoms with Crippen LogP contribution >= 0.6 is 0 Å². The number of nitrogens with zero attached hydrogens (tertiary/aromatic N) is 2. The first-order valence-corrected chi connectivity index (χ1v) is 7.36. The Labute approximate surface area is 113 Å². The molecule has 1 aromatic rings. The molecule has 0 bridgehead atoms. The fourth-order valence-electron chi connectivity index (χ4n) is 3.14. The maximum absolute atomic E-state index is 6.34. The lowest BCUT2D eigenvalue weighted by Crippen LogP contribution is -2.36. The van der Waals surface area contributed by atoms with Crippen molar-refractivity contribution in [2.24, 2.45) is 11.7 Å². The molecule has 0 spiro atoms. The largest absolute Gasteiger partial charge is 0.367 e. The van der Waals surface area contributed by atoms with E-state index in [2.05, 4.69) is 10.1 Å². The molecule has 0 radical (unpaired) electrons. The first kappa shape index (κ1) is 13.1. The molecule has 5 heteroatoms. The van der Waals surface area contributed by atoms with Gasteiger partial charge in [0.05, 0.1) is 5.54 Å². The van der Waals surface area contributed by atoms with E-state index in [-0.39, 0.29) is 5.60 Å². The van der Waals surface area contributed by atoms with Crippen LogP contribution in [0.25, 0.3) is 0 Å². The van der Waals surface area contributed by atoms with Crippen molar-refractivity contribution in [3.8, 4) is 0 Å². The summed E-state index contributed by atoms with van der Waals surface area (Å²) in [6.45, 7) is 4.68.